The van der Waals surface area contributed by atoms with E-state index in [2.05, 4.69) is 93.6 Å². The predicted molar refractivity (Wildman–Crippen MR) is 123 cm³/mol. The van der Waals surface area contributed by atoms with Crippen molar-refractivity contribution in [3.63, 3.8) is 0 Å². The molecule has 0 aliphatic heterocycles. The summed E-state index contributed by atoms with van der Waals surface area (Å²) in [6.45, 7) is 6.39. The van der Waals surface area contributed by atoms with Crippen molar-refractivity contribution in [1.82, 2.24) is 9.97 Å². The van der Waals surface area contributed by atoms with Gasteiger partial charge in [0.1, 0.15) is 0 Å². The maximum atomic E-state index is 4.94. The molecule has 2 heterocycles. The van der Waals surface area contributed by atoms with Crippen molar-refractivity contribution in [3.05, 3.63) is 89.8 Å². The van der Waals surface area contributed by atoms with E-state index in [0.29, 0.717) is 5.92 Å². The Morgan fingerprint density at radius 3 is 2.03 bits per heavy atom. The third kappa shape index (κ3) is 3.15. The second-order valence-electron chi connectivity index (χ2n) is 8.08. The maximum Gasteiger partial charge on any atom is 0.0974 e. The summed E-state index contributed by atoms with van der Waals surface area (Å²) in [4.78, 5) is 9.87. The highest BCUT2D eigenvalue weighted by molar-refractivity contribution is 6.11. The highest BCUT2D eigenvalue weighted by Gasteiger charge is 2.15. The first kappa shape index (κ1) is 17.8. The van der Waals surface area contributed by atoms with Gasteiger partial charge in [-0.1, -0.05) is 67.6 Å². The molecule has 5 rings (SSSR count). The van der Waals surface area contributed by atoms with Crippen LogP contribution in [0.1, 0.15) is 30.3 Å². The van der Waals surface area contributed by atoms with Crippen molar-refractivity contribution in [2.45, 2.75) is 27.2 Å². The van der Waals surface area contributed by atoms with Gasteiger partial charge in [0.2, 0.25) is 0 Å². The molecule has 142 valence electrons. The average molecular weight is 377 g/mol. The quantitative estimate of drug-likeness (QED) is 0.350. The summed E-state index contributed by atoms with van der Waals surface area (Å²) >= 11 is 0. The number of allylic oxidation sites excluding steroid dienone is 4. The lowest BCUT2D eigenvalue weighted by molar-refractivity contribution is 0.739. The van der Waals surface area contributed by atoms with Gasteiger partial charge in [0.25, 0.3) is 0 Å². The normalized spacial score (nSPS) is 16.4. The number of rotatable bonds is 2. The van der Waals surface area contributed by atoms with E-state index >= 15 is 0 Å². The first-order chi connectivity index (χ1) is 14.1. The molecular weight excluding hydrogens is 352 g/mol. The highest BCUT2D eigenvalue weighted by atomic mass is 14.8. The molecule has 0 fully saturated rings. The van der Waals surface area contributed by atoms with Gasteiger partial charge in [-0.15, -0.1) is 0 Å². The van der Waals surface area contributed by atoms with Gasteiger partial charge >= 0.3 is 0 Å². The minimum absolute atomic E-state index is 0.603. The molecule has 1 atom stereocenters. The van der Waals surface area contributed by atoms with Crippen LogP contribution in [-0.4, -0.2) is 9.97 Å². The van der Waals surface area contributed by atoms with Crippen molar-refractivity contribution in [2.75, 3.05) is 0 Å². The lowest BCUT2D eigenvalue weighted by Crippen LogP contribution is -1.98. The summed E-state index contributed by atoms with van der Waals surface area (Å²) in [5.74, 6) is 0.603. The molecule has 1 aliphatic carbocycles. The topological polar surface area (TPSA) is 25.8 Å². The van der Waals surface area contributed by atoms with Crippen molar-refractivity contribution in [1.29, 1.82) is 0 Å². The number of aryl methyl sites for hydroxylation is 2. The first-order valence-electron chi connectivity index (χ1n) is 10.3. The molecular formula is C27H24N2. The van der Waals surface area contributed by atoms with Crippen LogP contribution in [0.2, 0.25) is 0 Å². The van der Waals surface area contributed by atoms with E-state index < -0.39 is 0 Å². The number of nitrogens with zero attached hydrogens (tertiary/aromatic N) is 2. The fourth-order valence-electron chi connectivity index (χ4n) is 4.25. The van der Waals surface area contributed by atoms with Crippen LogP contribution in [0.4, 0.5) is 0 Å². The molecule has 4 aromatic rings. The van der Waals surface area contributed by atoms with Crippen molar-refractivity contribution in [3.8, 4) is 11.1 Å². The van der Waals surface area contributed by atoms with Gasteiger partial charge < -0.3 is 0 Å². The molecule has 0 saturated carbocycles. The average Bonchev–Trinajstić information content (AvgIpc) is 2.74. The van der Waals surface area contributed by atoms with Crippen LogP contribution in [0.5, 0.6) is 0 Å². The SMILES string of the molecule is Cc1cc(C2=CCC(C)C=C2)c2ccc3c(-c4ccccc4)cc(C)nc3c2n1. The summed E-state index contributed by atoms with van der Waals surface area (Å²) in [7, 11) is 0. The van der Waals surface area contributed by atoms with Crippen LogP contribution in [0.15, 0.2) is 72.8 Å². The molecule has 2 nitrogen and oxygen atoms in total. The zero-order valence-electron chi connectivity index (χ0n) is 17.1. The molecule has 0 radical (unpaired) electrons. The number of fused-ring (bicyclic) bond motifs is 3. The zero-order chi connectivity index (χ0) is 20.0. The lowest BCUT2D eigenvalue weighted by atomic mass is 9.91. The van der Waals surface area contributed by atoms with Crippen LogP contribution in [0, 0.1) is 19.8 Å². The van der Waals surface area contributed by atoms with E-state index in [0.717, 1.165) is 34.2 Å². The molecule has 0 N–H and O–H groups in total. The second kappa shape index (κ2) is 6.97. The van der Waals surface area contributed by atoms with E-state index in [1.807, 2.05) is 0 Å². The Kier molecular flexibility index (Phi) is 4.28. The van der Waals surface area contributed by atoms with Gasteiger partial charge in [-0.2, -0.15) is 0 Å². The van der Waals surface area contributed by atoms with Gasteiger partial charge in [0.05, 0.1) is 11.0 Å². The monoisotopic (exact) mass is 376 g/mol. The van der Waals surface area contributed by atoms with E-state index in [9.17, 15) is 0 Å². The molecule has 1 unspecified atom stereocenters. The van der Waals surface area contributed by atoms with Gasteiger partial charge in [-0.05, 0) is 60.6 Å². The van der Waals surface area contributed by atoms with E-state index in [1.165, 1.54) is 27.6 Å². The Hall–Kier alpha value is -3.26. The summed E-state index contributed by atoms with van der Waals surface area (Å²) in [5.41, 5.74) is 8.98. The Morgan fingerprint density at radius 1 is 0.793 bits per heavy atom. The Balaban J connectivity index is 1.82. The van der Waals surface area contributed by atoms with Crippen LogP contribution < -0.4 is 0 Å². The molecule has 2 heteroatoms. The van der Waals surface area contributed by atoms with Crippen LogP contribution in [-0.2, 0) is 0 Å². The predicted octanol–water partition coefficient (Wildman–Crippen LogP) is 7.05. The Labute approximate surface area is 171 Å². The van der Waals surface area contributed by atoms with Crippen molar-refractivity contribution < 1.29 is 0 Å². The highest BCUT2D eigenvalue weighted by Crippen LogP contribution is 2.36. The second-order valence-corrected chi connectivity index (χ2v) is 8.08. The lowest BCUT2D eigenvalue weighted by Gasteiger charge is -2.16. The van der Waals surface area contributed by atoms with Crippen molar-refractivity contribution >= 4 is 27.4 Å². The first-order valence-corrected chi connectivity index (χ1v) is 10.3. The molecule has 0 saturated heterocycles. The Morgan fingerprint density at radius 2 is 1.41 bits per heavy atom. The zero-order valence-corrected chi connectivity index (χ0v) is 17.1. The third-order valence-electron chi connectivity index (χ3n) is 5.72. The van der Waals surface area contributed by atoms with Gasteiger partial charge in [0, 0.05) is 22.2 Å². The molecule has 0 bridgehead atoms. The molecule has 0 spiro atoms. The molecule has 0 amide bonds. The van der Waals surface area contributed by atoms with Gasteiger partial charge in [-0.3, -0.25) is 9.97 Å². The number of pyridine rings is 2. The van der Waals surface area contributed by atoms with Crippen LogP contribution in [0.25, 0.3) is 38.5 Å². The third-order valence-corrected chi connectivity index (χ3v) is 5.72. The minimum Gasteiger partial charge on any atom is -0.251 e. The summed E-state index contributed by atoms with van der Waals surface area (Å²) < 4.78 is 0. The Bertz CT molecular complexity index is 1300. The largest absolute Gasteiger partial charge is 0.251 e. The van der Waals surface area contributed by atoms with E-state index in [1.54, 1.807) is 0 Å². The molecule has 29 heavy (non-hydrogen) atoms. The van der Waals surface area contributed by atoms with Crippen LogP contribution in [0.3, 0.4) is 0 Å². The molecule has 1 aliphatic rings. The standard InChI is InChI=1S/C27H24N2/c1-17-9-11-21(12-10-17)25-16-19(3)29-27-23(25)14-13-22-24(15-18(2)28-26(22)27)20-7-5-4-6-8-20/h4-9,11-17H,10H2,1-3H3. The van der Waals surface area contributed by atoms with Gasteiger partial charge in [-0.25, -0.2) is 0 Å². The van der Waals surface area contributed by atoms with Crippen LogP contribution >= 0.6 is 0 Å². The minimum atomic E-state index is 0.603. The molecule has 2 aromatic heterocycles. The number of benzene rings is 2. The van der Waals surface area contributed by atoms with Gasteiger partial charge in [0.15, 0.2) is 0 Å². The van der Waals surface area contributed by atoms with E-state index in [-0.39, 0.29) is 0 Å². The van der Waals surface area contributed by atoms with E-state index in [4.69, 9.17) is 9.97 Å². The van der Waals surface area contributed by atoms with Crippen molar-refractivity contribution in [2.24, 2.45) is 5.92 Å². The molecule has 2 aromatic carbocycles. The smallest absolute Gasteiger partial charge is 0.0974 e. The number of hydrogen-bond donors (Lipinski definition) is 0. The summed E-state index contributed by atoms with van der Waals surface area (Å²) in [6.07, 6.45) is 7.99. The number of aromatic nitrogens is 2. The fraction of sp³-hybridized carbons (Fsp3) is 0.185. The fourth-order valence-corrected chi connectivity index (χ4v) is 4.25. The maximum absolute atomic E-state index is 4.94. The summed E-state index contributed by atoms with van der Waals surface area (Å²) in [5, 5.41) is 2.32. The number of hydrogen-bond acceptors (Lipinski definition) is 2. The summed E-state index contributed by atoms with van der Waals surface area (Å²) in [6, 6.07) is 19.3.